The second kappa shape index (κ2) is 8.69. The summed E-state index contributed by atoms with van der Waals surface area (Å²) in [5.74, 6) is -0.690. The number of carbonyl (C=O) groups excluding carboxylic acids is 2. The van der Waals surface area contributed by atoms with E-state index in [9.17, 15) is 14.0 Å². The minimum Gasteiger partial charge on any atom is -0.467 e. The molecule has 0 aliphatic carbocycles. The van der Waals surface area contributed by atoms with Gasteiger partial charge in [-0.2, -0.15) is 0 Å². The van der Waals surface area contributed by atoms with Gasteiger partial charge in [-0.3, -0.25) is 0 Å². The highest BCUT2D eigenvalue weighted by Crippen LogP contribution is 2.17. The summed E-state index contributed by atoms with van der Waals surface area (Å²) in [6.45, 7) is 6.27. The molecule has 1 aromatic carbocycles. The Morgan fingerprint density at radius 2 is 1.80 bits per heavy atom. The molecule has 2 amide bonds. The molecule has 7 heteroatoms. The lowest BCUT2D eigenvalue weighted by atomic mass is 9.99. The zero-order valence-corrected chi connectivity index (χ0v) is 15.0. The van der Waals surface area contributed by atoms with Gasteiger partial charge in [0.15, 0.2) is 0 Å². The maximum absolute atomic E-state index is 13.0. The molecule has 0 radical (unpaired) electrons. The van der Waals surface area contributed by atoms with E-state index in [0.29, 0.717) is 26.2 Å². The Labute approximate surface area is 147 Å². The fraction of sp³-hybridized carbons (Fsp3) is 0.556. The molecule has 138 valence electrons. The number of nitrogens with zero attached hydrogens (tertiary/aromatic N) is 2. The number of amides is 2. The number of benzene rings is 1. The second-order valence-corrected chi connectivity index (χ2v) is 6.29. The third-order valence-electron chi connectivity index (χ3n) is 4.71. The number of methoxy groups -OCH3 is 1. The first-order valence-corrected chi connectivity index (χ1v) is 8.60. The van der Waals surface area contributed by atoms with Gasteiger partial charge < -0.3 is 19.9 Å². The number of rotatable bonds is 5. The molecular weight excluding hydrogens is 325 g/mol. The van der Waals surface area contributed by atoms with Gasteiger partial charge in [-0.25, -0.2) is 14.0 Å². The van der Waals surface area contributed by atoms with Crippen LogP contribution in [0, 0.1) is 11.7 Å². The summed E-state index contributed by atoms with van der Waals surface area (Å²) in [5, 5.41) is 2.79. The molecule has 1 aromatic rings. The Morgan fingerprint density at radius 1 is 1.20 bits per heavy atom. The van der Waals surface area contributed by atoms with Crippen LogP contribution in [-0.4, -0.2) is 56.2 Å². The fourth-order valence-electron chi connectivity index (χ4n) is 2.84. The van der Waals surface area contributed by atoms with Crippen LogP contribution in [0.3, 0.4) is 0 Å². The Balaban J connectivity index is 1.91. The number of esters is 1. The summed E-state index contributed by atoms with van der Waals surface area (Å²) < 4.78 is 17.8. The molecule has 1 aliphatic heterocycles. The molecule has 1 heterocycles. The predicted molar refractivity (Wildman–Crippen MR) is 94.0 cm³/mol. The van der Waals surface area contributed by atoms with Crippen LogP contribution in [0.2, 0.25) is 0 Å². The van der Waals surface area contributed by atoms with E-state index in [4.69, 9.17) is 4.74 Å². The lowest BCUT2D eigenvalue weighted by molar-refractivity contribution is -0.144. The number of anilines is 1. The van der Waals surface area contributed by atoms with E-state index in [0.717, 1.165) is 12.1 Å². The van der Waals surface area contributed by atoms with Gasteiger partial charge in [0.2, 0.25) is 0 Å². The molecule has 1 saturated heterocycles. The molecule has 1 fully saturated rings. The molecule has 25 heavy (non-hydrogen) atoms. The Hall–Kier alpha value is -2.31. The van der Waals surface area contributed by atoms with Crippen LogP contribution < -0.4 is 10.2 Å². The highest BCUT2D eigenvalue weighted by Gasteiger charge is 2.29. The zero-order chi connectivity index (χ0) is 18.4. The van der Waals surface area contributed by atoms with Crippen LogP contribution in [0.15, 0.2) is 24.3 Å². The first-order valence-electron chi connectivity index (χ1n) is 8.60. The number of nitrogens with one attached hydrogen (secondary N) is 1. The summed E-state index contributed by atoms with van der Waals surface area (Å²) >= 11 is 0. The highest BCUT2D eigenvalue weighted by atomic mass is 19.1. The van der Waals surface area contributed by atoms with Crippen molar-refractivity contribution in [3.63, 3.8) is 0 Å². The first kappa shape index (κ1) is 19.0. The topological polar surface area (TPSA) is 61.9 Å². The van der Waals surface area contributed by atoms with Crippen molar-refractivity contribution in [2.75, 3.05) is 38.2 Å². The molecule has 0 bridgehead atoms. The minimum absolute atomic E-state index is 0.00287. The Bertz CT molecular complexity index is 586. The molecule has 2 rings (SSSR count). The smallest absolute Gasteiger partial charge is 0.328 e. The van der Waals surface area contributed by atoms with E-state index < -0.39 is 12.0 Å². The number of hydrogen-bond donors (Lipinski definition) is 1. The van der Waals surface area contributed by atoms with Crippen LogP contribution in [0.1, 0.15) is 20.3 Å². The molecule has 2 unspecified atom stereocenters. The quantitative estimate of drug-likeness (QED) is 0.827. The van der Waals surface area contributed by atoms with Crippen LogP contribution in [0.4, 0.5) is 14.9 Å². The SMILES string of the molecule is CCC(C)C(NC(=O)N1CCN(c2ccc(F)cc2)CC1)C(=O)OC. The van der Waals surface area contributed by atoms with E-state index in [1.807, 2.05) is 13.8 Å². The minimum atomic E-state index is -0.641. The monoisotopic (exact) mass is 351 g/mol. The summed E-state index contributed by atoms with van der Waals surface area (Å²) in [7, 11) is 1.32. The molecule has 0 saturated carbocycles. The summed E-state index contributed by atoms with van der Waals surface area (Å²) in [4.78, 5) is 28.2. The van der Waals surface area contributed by atoms with Crippen LogP contribution in [0.5, 0.6) is 0 Å². The fourth-order valence-corrected chi connectivity index (χ4v) is 2.84. The van der Waals surface area contributed by atoms with Crippen molar-refractivity contribution < 1.29 is 18.7 Å². The molecular formula is C18H26FN3O3. The molecule has 2 atom stereocenters. The van der Waals surface area contributed by atoms with Gasteiger partial charge in [-0.05, 0) is 30.2 Å². The Morgan fingerprint density at radius 3 is 2.32 bits per heavy atom. The third-order valence-corrected chi connectivity index (χ3v) is 4.71. The largest absolute Gasteiger partial charge is 0.467 e. The number of hydrogen-bond acceptors (Lipinski definition) is 4. The van der Waals surface area contributed by atoms with Gasteiger partial charge in [0.25, 0.3) is 0 Å². The average Bonchev–Trinajstić information content (AvgIpc) is 2.65. The Kier molecular flexibility index (Phi) is 6.61. The van der Waals surface area contributed by atoms with E-state index in [1.54, 1.807) is 17.0 Å². The van der Waals surface area contributed by atoms with Crippen molar-refractivity contribution >= 4 is 17.7 Å². The van der Waals surface area contributed by atoms with Crippen molar-refractivity contribution in [1.82, 2.24) is 10.2 Å². The molecule has 0 spiro atoms. The zero-order valence-electron chi connectivity index (χ0n) is 15.0. The second-order valence-electron chi connectivity index (χ2n) is 6.29. The average molecular weight is 351 g/mol. The van der Waals surface area contributed by atoms with Gasteiger partial charge in [0.05, 0.1) is 7.11 Å². The van der Waals surface area contributed by atoms with Crippen molar-refractivity contribution in [2.45, 2.75) is 26.3 Å². The maximum atomic E-state index is 13.0. The predicted octanol–water partition coefficient (Wildman–Crippen LogP) is 2.25. The lowest BCUT2D eigenvalue weighted by Crippen LogP contribution is -2.56. The maximum Gasteiger partial charge on any atom is 0.328 e. The van der Waals surface area contributed by atoms with Gasteiger partial charge >= 0.3 is 12.0 Å². The highest BCUT2D eigenvalue weighted by molar-refractivity contribution is 5.84. The van der Waals surface area contributed by atoms with Crippen LogP contribution >= 0.6 is 0 Å². The van der Waals surface area contributed by atoms with Gasteiger partial charge in [0.1, 0.15) is 11.9 Å². The van der Waals surface area contributed by atoms with Gasteiger partial charge in [-0.15, -0.1) is 0 Å². The first-order chi connectivity index (χ1) is 12.0. The van der Waals surface area contributed by atoms with E-state index in [1.165, 1.54) is 19.2 Å². The molecule has 0 aromatic heterocycles. The van der Waals surface area contributed by atoms with Crippen molar-refractivity contribution in [2.24, 2.45) is 5.92 Å². The van der Waals surface area contributed by atoms with Crippen molar-refractivity contribution in [3.05, 3.63) is 30.1 Å². The summed E-state index contributed by atoms with van der Waals surface area (Å²) in [5.41, 5.74) is 0.938. The van der Waals surface area contributed by atoms with Crippen LogP contribution in [0.25, 0.3) is 0 Å². The number of piperazine rings is 1. The van der Waals surface area contributed by atoms with Gasteiger partial charge in [-0.1, -0.05) is 20.3 Å². The van der Waals surface area contributed by atoms with Crippen LogP contribution in [-0.2, 0) is 9.53 Å². The number of urea groups is 1. The standard InChI is InChI=1S/C18H26FN3O3/c1-4-13(2)16(17(23)25-3)20-18(24)22-11-9-21(10-12-22)15-7-5-14(19)6-8-15/h5-8,13,16H,4,9-12H2,1-3H3,(H,20,24). The van der Waals surface area contributed by atoms with E-state index in [-0.39, 0.29) is 17.8 Å². The van der Waals surface area contributed by atoms with Crippen molar-refractivity contribution in [1.29, 1.82) is 0 Å². The van der Waals surface area contributed by atoms with E-state index >= 15 is 0 Å². The number of ether oxygens (including phenoxy) is 1. The third kappa shape index (κ3) is 4.84. The molecule has 1 aliphatic rings. The summed E-state index contributed by atoms with van der Waals surface area (Å²) in [6, 6.07) is 5.44. The molecule has 6 nitrogen and oxygen atoms in total. The number of halogens is 1. The molecule has 1 N–H and O–H groups in total. The lowest BCUT2D eigenvalue weighted by Gasteiger charge is -2.37. The van der Waals surface area contributed by atoms with E-state index in [2.05, 4.69) is 10.2 Å². The number of carbonyl (C=O) groups is 2. The summed E-state index contributed by atoms with van der Waals surface area (Å²) in [6.07, 6.45) is 0.762. The van der Waals surface area contributed by atoms with Gasteiger partial charge in [0, 0.05) is 31.9 Å². The normalized spacial score (nSPS) is 17.0. The van der Waals surface area contributed by atoms with Crippen molar-refractivity contribution in [3.8, 4) is 0 Å².